The third-order valence-corrected chi connectivity index (χ3v) is 5.29. The van der Waals surface area contributed by atoms with Gasteiger partial charge in [0, 0.05) is 13.1 Å². The van der Waals surface area contributed by atoms with Crippen molar-refractivity contribution >= 4 is 39.2 Å². The Balaban J connectivity index is 2.22. The summed E-state index contributed by atoms with van der Waals surface area (Å²) in [5.41, 5.74) is 0. The van der Waals surface area contributed by atoms with Crippen molar-refractivity contribution in [3.63, 3.8) is 0 Å². The lowest BCUT2D eigenvalue weighted by Crippen LogP contribution is -2.52. The molecule has 2 rings (SSSR count). The monoisotopic (exact) mass is 309 g/mol. The zero-order valence-electron chi connectivity index (χ0n) is 9.01. The third-order valence-electron chi connectivity index (χ3n) is 2.73. The Bertz CT molecular complexity index is 596. The largest absolute Gasteiger partial charge is 0.481 e. The molecule has 0 spiro atoms. The molecular formula is C10H9Cl2NO4S. The van der Waals surface area contributed by atoms with E-state index in [1.165, 1.54) is 18.2 Å². The van der Waals surface area contributed by atoms with Crippen LogP contribution in [0, 0.1) is 5.92 Å². The van der Waals surface area contributed by atoms with Crippen LogP contribution >= 0.6 is 23.2 Å². The standard InChI is InChI=1S/C10H9Cl2NO4S/c11-8-2-1-7(3-9(8)12)18(16,17)13-4-6(5-13)10(14)15/h1-3,6H,4-5H2,(H,14,15). The highest BCUT2D eigenvalue weighted by molar-refractivity contribution is 7.89. The van der Waals surface area contributed by atoms with Gasteiger partial charge in [-0.1, -0.05) is 23.2 Å². The Morgan fingerprint density at radius 1 is 1.28 bits per heavy atom. The predicted octanol–water partition coefficient (Wildman–Crippen LogP) is 1.70. The molecule has 98 valence electrons. The van der Waals surface area contributed by atoms with Gasteiger partial charge in [-0.3, -0.25) is 4.79 Å². The number of carboxylic acids is 1. The third kappa shape index (κ3) is 2.33. The van der Waals surface area contributed by atoms with Crippen LogP contribution < -0.4 is 0 Å². The van der Waals surface area contributed by atoms with Crippen molar-refractivity contribution in [3.8, 4) is 0 Å². The average Bonchev–Trinajstić information content (AvgIpc) is 2.18. The Morgan fingerprint density at radius 3 is 2.39 bits per heavy atom. The number of aliphatic carboxylic acids is 1. The fourth-order valence-electron chi connectivity index (χ4n) is 1.58. The molecule has 0 aliphatic carbocycles. The van der Waals surface area contributed by atoms with E-state index in [9.17, 15) is 13.2 Å². The number of halogens is 2. The van der Waals surface area contributed by atoms with Crippen molar-refractivity contribution in [2.75, 3.05) is 13.1 Å². The lowest BCUT2D eigenvalue weighted by molar-refractivity contribution is -0.145. The topological polar surface area (TPSA) is 74.7 Å². The second-order valence-corrected chi connectivity index (χ2v) is 6.69. The highest BCUT2D eigenvalue weighted by Gasteiger charge is 2.40. The van der Waals surface area contributed by atoms with E-state index >= 15 is 0 Å². The highest BCUT2D eigenvalue weighted by atomic mass is 35.5. The minimum Gasteiger partial charge on any atom is -0.481 e. The van der Waals surface area contributed by atoms with E-state index in [0.717, 1.165) is 4.31 Å². The molecule has 0 aromatic heterocycles. The van der Waals surface area contributed by atoms with Crippen LogP contribution in [0.4, 0.5) is 0 Å². The smallest absolute Gasteiger partial charge is 0.309 e. The second-order valence-electron chi connectivity index (χ2n) is 3.93. The first-order chi connectivity index (χ1) is 8.32. The van der Waals surface area contributed by atoms with Gasteiger partial charge in [-0.15, -0.1) is 0 Å². The molecule has 1 aliphatic heterocycles. The fraction of sp³-hybridized carbons (Fsp3) is 0.300. The van der Waals surface area contributed by atoms with Gasteiger partial charge in [0.2, 0.25) is 10.0 Å². The van der Waals surface area contributed by atoms with Gasteiger partial charge in [0.15, 0.2) is 0 Å². The molecule has 0 atom stereocenters. The lowest BCUT2D eigenvalue weighted by atomic mass is 10.0. The van der Waals surface area contributed by atoms with Gasteiger partial charge in [0.05, 0.1) is 20.9 Å². The van der Waals surface area contributed by atoms with Gasteiger partial charge in [-0.05, 0) is 18.2 Å². The Morgan fingerprint density at radius 2 is 1.89 bits per heavy atom. The summed E-state index contributed by atoms with van der Waals surface area (Å²) in [6, 6.07) is 4.00. The molecular weight excluding hydrogens is 301 g/mol. The number of rotatable bonds is 3. The van der Waals surface area contributed by atoms with Crippen LogP contribution in [0.25, 0.3) is 0 Å². The normalized spacial score (nSPS) is 17.4. The molecule has 5 nitrogen and oxygen atoms in total. The number of hydrogen-bond donors (Lipinski definition) is 1. The molecule has 1 aromatic carbocycles. The van der Waals surface area contributed by atoms with Crippen molar-refractivity contribution in [1.82, 2.24) is 4.31 Å². The van der Waals surface area contributed by atoms with Gasteiger partial charge >= 0.3 is 5.97 Å². The summed E-state index contributed by atoms with van der Waals surface area (Å²) in [5, 5.41) is 9.12. The summed E-state index contributed by atoms with van der Waals surface area (Å²) in [5.74, 6) is -1.63. The zero-order valence-corrected chi connectivity index (χ0v) is 11.3. The molecule has 0 amide bonds. The molecule has 0 bridgehead atoms. The molecule has 0 unspecified atom stereocenters. The predicted molar refractivity (Wildman–Crippen MR) is 66.3 cm³/mol. The van der Waals surface area contributed by atoms with Crippen molar-refractivity contribution in [3.05, 3.63) is 28.2 Å². The second kappa shape index (κ2) is 4.70. The van der Waals surface area contributed by atoms with Crippen LogP contribution in [0.3, 0.4) is 0 Å². The molecule has 1 aliphatic rings. The van der Waals surface area contributed by atoms with Crippen molar-refractivity contribution < 1.29 is 18.3 Å². The van der Waals surface area contributed by atoms with E-state index in [1.54, 1.807) is 0 Å². The number of sulfonamides is 1. The minimum atomic E-state index is -3.68. The maximum absolute atomic E-state index is 12.1. The number of hydrogen-bond acceptors (Lipinski definition) is 3. The summed E-state index contributed by atoms with van der Waals surface area (Å²) < 4.78 is 25.3. The number of carbonyl (C=O) groups is 1. The van der Waals surface area contributed by atoms with Crippen LogP contribution in [0.15, 0.2) is 23.1 Å². The van der Waals surface area contributed by atoms with Crippen LogP contribution in [0.1, 0.15) is 0 Å². The van der Waals surface area contributed by atoms with Gasteiger partial charge in [0.1, 0.15) is 0 Å². The van der Waals surface area contributed by atoms with Gasteiger partial charge < -0.3 is 5.11 Å². The Hall–Kier alpha value is -0.820. The van der Waals surface area contributed by atoms with Gasteiger partial charge in [0.25, 0.3) is 0 Å². The van der Waals surface area contributed by atoms with E-state index < -0.39 is 21.9 Å². The summed E-state index contributed by atoms with van der Waals surface area (Å²) in [6.45, 7) is -0.0319. The van der Waals surface area contributed by atoms with Crippen molar-refractivity contribution in [2.45, 2.75) is 4.90 Å². The summed E-state index contributed by atoms with van der Waals surface area (Å²) in [6.07, 6.45) is 0. The highest BCUT2D eigenvalue weighted by Crippen LogP contribution is 2.29. The average molecular weight is 310 g/mol. The first-order valence-corrected chi connectivity index (χ1v) is 7.20. The first kappa shape index (κ1) is 13.6. The van der Waals surface area contributed by atoms with Crippen LogP contribution in [-0.2, 0) is 14.8 Å². The lowest BCUT2D eigenvalue weighted by Gasteiger charge is -2.35. The van der Waals surface area contributed by atoms with Crippen LogP contribution in [-0.4, -0.2) is 36.9 Å². The SMILES string of the molecule is O=C(O)C1CN(S(=O)(=O)c2ccc(Cl)c(Cl)c2)C1. The molecule has 18 heavy (non-hydrogen) atoms. The summed E-state index contributed by atoms with van der Waals surface area (Å²) in [7, 11) is -3.68. The van der Waals surface area contributed by atoms with E-state index in [-0.39, 0.29) is 28.0 Å². The molecule has 1 aromatic rings. The molecule has 0 saturated carbocycles. The maximum Gasteiger partial charge on any atom is 0.309 e. The van der Waals surface area contributed by atoms with E-state index in [1.807, 2.05) is 0 Å². The fourth-order valence-corrected chi connectivity index (χ4v) is 3.50. The van der Waals surface area contributed by atoms with E-state index in [4.69, 9.17) is 28.3 Å². The van der Waals surface area contributed by atoms with Gasteiger partial charge in [-0.2, -0.15) is 4.31 Å². The van der Waals surface area contributed by atoms with Crippen LogP contribution in [0.2, 0.25) is 10.0 Å². The number of carboxylic acid groups (broad SMARTS) is 1. The molecule has 1 N–H and O–H groups in total. The molecule has 1 saturated heterocycles. The van der Waals surface area contributed by atoms with Crippen molar-refractivity contribution in [1.29, 1.82) is 0 Å². The quantitative estimate of drug-likeness (QED) is 0.922. The molecule has 0 radical (unpaired) electrons. The van der Waals surface area contributed by atoms with E-state index in [0.29, 0.717) is 0 Å². The maximum atomic E-state index is 12.1. The summed E-state index contributed by atoms with van der Waals surface area (Å²) >= 11 is 11.5. The number of benzene rings is 1. The molecule has 8 heteroatoms. The summed E-state index contributed by atoms with van der Waals surface area (Å²) in [4.78, 5) is 10.6. The Labute approximate surface area is 114 Å². The zero-order chi connectivity index (χ0) is 13.5. The van der Waals surface area contributed by atoms with E-state index in [2.05, 4.69) is 0 Å². The molecule has 1 heterocycles. The van der Waals surface area contributed by atoms with Crippen LogP contribution in [0.5, 0.6) is 0 Å². The van der Waals surface area contributed by atoms with Gasteiger partial charge in [-0.25, -0.2) is 8.42 Å². The Kier molecular flexibility index (Phi) is 3.55. The first-order valence-electron chi connectivity index (χ1n) is 5.00. The number of nitrogens with zero attached hydrogens (tertiary/aromatic N) is 1. The molecule has 1 fully saturated rings. The van der Waals surface area contributed by atoms with Crippen molar-refractivity contribution in [2.24, 2.45) is 5.92 Å². The minimum absolute atomic E-state index is 0.0146.